The SMILES string of the molecule is CSCC[C@H](NC(=O)[C@@H](NC(=O)[C@H](Cc1ccc(O)cc1)NC(=O)CNC(=O)CNC(=O)[C@@H](N)CCC(N)=O)[C@@H](C)O)C(=O)N[C@@H](Cc1c[nH]cn1)C(=O)N[C@@H](CCC(N)=O)C(=O)N[C@@H](CC(=O)O)C(=O)N[C@@H](CCC(N)=O)C(=O)N[C@@H](CCC(=O)O)C(=O)NCC(=O)N[C@@H](CC(=O)O)C(=O)N[C@H](C(=O)N[C@@H](CC(=O)O)C(=O)N[C@@H](C)C(=O)NCC(=O)N[C@@H](CC(C)C)C(=O)N[C@@H](CCCCN)C(=O)O)[C@@H](C)O. The summed E-state index contributed by atoms with van der Waals surface area (Å²) in [7, 11) is 0. The Bertz CT molecular complexity index is 4800. The first kappa shape index (κ1) is 124. The number of carbonyl (C=O) groups is 26. The number of nitrogens with zero attached hydrogens (tertiary/aromatic N) is 1. The van der Waals surface area contributed by atoms with Gasteiger partial charge in [0.25, 0.3) is 0 Å². The van der Waals surface area contributed by atoms with Gasteiger partial charge in [0.1, 0.15) is 90.3 Å². The number of imidazole rings is 1. The van der Waals surface area contributed by atoms with Gasteiger partial charge in [-0.1, -0.05) is 26.0 Å². The number of H-pyrrole nitrogens is 1. The molecule has 0 saturated heterocycles. The number of carbonyl (C=O) groups excluding carboxylic acids is 21. The fourth-order valence-electron chi connectivity index (χ4n) is 12.8. The average Bonchev–Trinajstić information content (AvgIpc) is 1.27. The molecule has 21 amide bonds. The monoisotopic (exact) mass is 2050 g/mol. The third kappa shape index (κ3) is 49.9. The standard InChI is InChI=1S/C83H127N25O34S/c1-37(2)25-50(76(134)103-49(83(141)142)9-7-8-23-84)96-61(117)34-91-69(127)38(3)95-75(133)54(29-65(123)124)106-82(140)68(40(5)110)108-80(138)53(28-64(121)122)98-62(118)35-93-71(129)45(17-21-63(119)120)99-72(130)46(15-19-57(87)113)101-78(136)55(30-66(125)126)105-73(131)47(16-20-58(88)114)100-77(135)52(27-42-31-89-36-94-42)104-74(132)48(22-24-143-6)102-81(139)67(39(4)109)107-79(137)51(26-41-10-12-43(111)13-11-41)97-60(116)33-90-59(115)32-92-70(128)44(85)14-18-56(86)112/h10-13,31,36-40,44-55,67-68,109-111H,7-9,14-30,32-35,84-85H2,1-6H3,(H2,86,112)(H2,87,113)(H2,88,114)(H,89,94)(H,90,115)(H,91,127)(H,92,128)(H,93,129)(H,95,133)(H,96,117)(H,97,116)(H,98,118)(H,99,130)(H,100,135)(H,101,136)(H,102,139)(H,103,134)(H,104,132)(H,105,131)(H,106,140)(H,107,137)(H,108,138)(H,119,120)(H,121,122)(H,123,124)(H,125,126)(H,141,142)/t38-,39+,40+,44-,45-,46-,47-,48-,49-,50-,51-,52-,53-,54-,55-,67-,68-/m0/s1. The molecule has 0 bridgehead atoms. The van der Waals surface area contributed by atoms with Crippen LogP contribution in [0.25, 0.3) is 0 Å². The van der Waals surface area contributed by atoms with E-state index < -0.39 is 347 Å². The molecule has 1 heterocycles. The van der Waals surface area contributed by atoms with E-state index in [0.29, 0.717) is 18.4 Å². The van der Waals surface area contributed by atoms with Crippen molar-refractivity contribution in [1.29, 1.82) is 0 Å². The molecule has 794 valence electrons. The van der Waals surface area contributed by atoms with Crippen molar-refractivity contribution in [3.05, 3.63) is 48.0 Å². The van der Waals surface area contributed by atoms with Crippen LogP contribution in [0, 0.1) is 5.92 Å². The van der Waals surface area contributed by atoms with Crippen molar-refractivity contribution in [3.63, 3.8) is 0 Å². The Morgan fingerprint density at radius 1 is 0.371 bits per heavy atom. The minimum absolute atomic E-state index is 0.0143. The topological polar surface area (TPSA) is 981 Å². The van der Waals surface area contributed by atoms with Crippen molar-refractivity contribution in [3.8, 4) is 5.75 Å². The number of aliphatic hydroxyl groups is 2. The molecule has 0 unspecified atom stereocenters. The number of carboxylic acids is 5. The van der Waals surface area contributed by atoms with Crippen molar-refractivity contribution in [2.75, 3.05) is 44.7 Å². The fourth-order valence-corrected chi connectivity index (χ4v) is 13.3. The summed E-state index contributed by atoms with van der Waals surface area (Å²) in [6, 6.07) is -22.6. The molecular weight excluding hydrogens is 1920 g/mol. The lowest BCUT2D eigenvalue weighted by Crippen LogP contribution is -2.62. The van der Waals surface area contributed by atoms with Gasteiger partial charge in [0.2, 0.25) is 124 Å². The minimum Gasteiger partial charge on any atom is -0.508 e. The highest BCUT2D eigenvalue weighted by atomic mass is 32.2. The molecule has 0 radical (unpaired) electrons. The Hall–Kier alpha value is -15.4. The van der Waals surface area contributed by atoms with Crippen molar-refractivity contribution >= 4 is 166 Å². The third-order valence-electron chi connectivity index (χ3n) is 20.4. The van der Waals surface area contributed by atoms with Crippen LogP contribution in [0.4, 0.5) is 0 Å². The maximum absolute atomic E-state index is 14.6. The predicted octanol–water partition coefficient (Wildman–Crippen LogP) is -13.6. The van der Waals surface area contributed by atoms with Gasteiger partial charge in [0, 0.05) is 44.7 Å². The first-order valence-electron chi connectivity index (χ1n) is 44.4. The molecule has 1 aromatic carbocycles. The molecule has 0 aliphatic rings. The van der Waals surface area contributed by atoms with Crippen LogP contribution in [-0.4, -0.2) is 352 Å². The first-order valence-corrected chi connectivity index (χ1v) is 45.8. The number of hydrogen-bond acceptors (Lipinski definition) is 33. The van der Waals surface area contributed by atoms with E-state index in [-0.39, 0.29) is 68.2 Å². The Labute approximate surface area is 819 Å². The second kappa shape index (κ2) is 64.1. The Balaban J connectivity index is 2.44. The third-order valence-corrected chi connectivity index (χ3v) is 21.0. The summed E-state index contributed by atoms with van der Waals surface area (Å²) in [4.78, 5) is 350. The number of nitrogens with one attached hydrogen (secondary N) is 19. The summed E-state index contributed by atoms with van der Waals surface area (Å²) >= 11 is 1.15. The minimum atomic E-state index is -2.34. The van der Waals surface area contributed by atoms with E-state index >= 15 is 0 Å². The second-order valence-electron chi connectivity index (χ2n) is 33.0. The number of aromatic nitrogens is 2. The smallest absolute Gasteiger partial charge is 0.326 e. The molecule has 60 heteroatoms. The van der Waals surface area contributed by atoms with Gasteiger partial charge in [-0.15, -0.1) is 0 Å². The Morgan fingerprint density at radius 2 is 0.734 bits per heavy atom. The summed E-state index contributed by atoms with van der Waals surface area (Å²) < 4.78 is 0. The van der Waals surface area contributed by atoms with E-state index in [1.807, 2.05) is 21.3 Å². The number of unbranched alkanes of at least 4 members (excludes halogenated alkanes) is 1. The summed E-state index contributed by atoms with van der Waals surface area (Å²) in [6.07, 6.45) is -9.54. The molecule has 0 aliphatic carbocycles. The second-order valence-corrected chi connectivity index (χ2v) is 34.0. The van der Waals surface area contributed by atoms with Crippen molar-refractivity contribution in [1.82, 2.24) is 106 Å². The number of benzene rings is 1. The van der Waals surface area contributed by atoms with Crippen LogP contribution in [0.15, 0.2) is 36.8 Å². The number of phenols is 1. The zero-order chi connectivity index (χ0) is 108. The van der Waals surface area contributed by atoms with E-state index in [2.05, 4.69) is 84.4 Å². The molecular formula is C83H127N25O34S. The van der Waals surface area contributed by atoms with E-state index in [1.54, 1.807) is 20.1 Å². The summed E-state index contributed by atoms with van der Waals surface area (Å²) in [5.41, 5.74) is 27.5. The van der Waals surface area contributed by atoms with Crippen molar-refractivity contribution < 1.29 is 166 Å². The quantitative estimate of drug-likeness (QED) is 0.0274. The van der Waals surface area contributed by atoms with E-state index in [4.69, 9.17) is 28.7 Å². The Morgan fingerprint density at radius 3 is 1.19 bits per heavy atom. The Kier molecular flexibility index (Phi) is 55.4. The molecule has 143 heavy (non-hydrogen) atoms. The number of phenolic OH excluding ortho intramolecular Hbond substituents is 1. The largest absolute Gasteiger partial charge is 0.508 e. The zero-order valence-electron chi connectivity index (χ0n) is 78.8. The molecule has 2 rings (SSSR count). The summed E-state index contributed by atoms with van der Waals surface area (Å²) in [5.74, 6) is -34.3. The van der Waals surface area contributed by atoms with Gasteiger partial charge in [0.15, 0.2) is 0 Å². The highest BCUT2D eigenvalue weighted by molar-refractivity contribution is 7.98. The molecule has 59 nitrogen and oxygen atoms in total. The average molecular weight is 2050 g/mol. The normalized spacial score (nSPS) is 14.5. The first-order chi connectivity index (χ1) is 67.0. The number of thioether (sulfide) groups is 1. The highest BCUT2D eigenvalue weighted by Crippen LogP contribution is 2.16. The zero-order valence-corrected chi connectivity index (χ0v) is 79.6. The predicted molar refractivity (Wildman–Crippen MR) is 492 cm³/mol. The van der Waals surface area contributed by atoms with Gasteiger partial charge in [-0.25, -0.2) is 9.78 Å². The molecule has 1 aromatic heterocycles. The molecule has 2 aromatic rings. The number of hydrogen-bond donors (Lipinski definition) is 32. The van der Waals surface area contributed by atoms with Crippen LogP contribution in [0.5, 0.6) is 5.75 Å². The molecule has 37 N–H and O–H groups in total. The molecule has 0 spiro atoms. The van der Waals surface area contributed by atoms with Gasteiger partial charge in [-0.3, -0.25) is 120 Å². The summed E-state index contributed by atoms with van der Waals surface area (Å²) in [6.45, 7) is 3.02. The molecule has 0 aliphatic heterocycles. The van der Waals surface area contributed by atoms with Crippen LogP contribution in [0.3, 0.4) is 0 Å². The van der Waals surface area contributed by atoms with Gasteiger partial charge >= 0.3 is 29.8 Å². The number of aromatic hydroxyl groups is 1. The number of aromatic amines is 1. The van der Waals surface area contributed by atoms with Gasteiger partial charge in [0.05, 0.1) is 75.7 Å². The number of rotatable bonds is 70. The van der Waals surface area contributed by atoms with Crippen LogP contribution < -0.4 is 124 Å². The van der Waals surface area contributed by atoms with Crippen molar-refractivity contribution in [2.24, 2.45) is 34.6 Å². The number of carboxylic acid groups (broad SMARTS) is 5. The van der Waals surface area contributed by atoms with Crippen molar-refractivity contribution in [2.45, 2.75) is 253 Å². The van der Waals surface area contributed by atoms with Crippen LogP contribution >= 0.6 is 11.8 Å². The number of aliphatic carboxylic acids is 5. The van der Waals surface area contributed by atoms with E-state index in [1.165, 1.54) is 30.5 Å². The van der Waals surface area contributed by atoms with Crippen LogP contribution in [-0.2, 0) is 137 Å². The summed E-state index contributed by atoms with van der Waals surface area (Å²) in [5, 5.41) is 120. The lowest BCUT2D eigenvalue weighted by molar-refractivity contribution is -0.143. The molecule has 0 saturated carbocycles. The number of aliphatic hydroxyl groups excluding tert-OH is 2. The van der Waals surface area contributed by atoms with Gasteiger partial charge in [-0.2, -0.15) is 11.8 Å². The molecule has 0 fully saturated rings. The highest BCUT2D eigenvalue weighted by Gasteiger charge is 2.41. The number of amides is 21. The lowest BCUT2D eigenvalue weighted by Gasteiger charge is -2.28. The van der Waals surface area contributed by atoms with Gasteiger partial charge < -0.3 is 170 Å². The molecule has 17 atom stereocenters. The number of primary amides is 3. The maximum atomic E-state index is 14.6. The van der Waals surface area contributed by atoms with Crippen LogP contribution in [0.1, 0.15) is 149 Å². The maximum Gasteiger partial charge on any atom is 0.326 e. The lowest BCUT2D eigenvalue weighted by atomic mass is 10.0. The van der Waals surface area contributed by atoms with Gasteiger partial charge in [-0.05, 0) is 121 Å². The van der Waals surface area contributed by atoms with E-state index in [9.17, 15) is 166 Å². The fraction of sp³-hybridized carbons (Fsp3) is 0.578. The van der Waals surface area contributed by atoms with Crippen LogP contribution in [0.2, 0.25) is 0 Å². The number of nitrogens with two attached hydrogens (primary N) is 5. The van der Waals surface area contributed by atoms with E-state index in [0.717, 1.165) is 38.9 Å².